The van der Waals surface area contributed by atoms with Crippen molar-refractivity contribution < 1.29 is 23.4 Å². The predicted molar refractivity (Wildman–Crippen MR) is 119 cm³/mol. The number of ether oxygens (including phenoxy) is 3. The van der Waals surface area contributed by atoms with Crippen LogP contribution in [0.3, 0.4) is 0 Å². The van der Waals surface area contributed by atoms with Gasteiger partial charge in [-0.05, 0) is 37.2 Å². The molecule has 1 N–H and O–H groups in total. The third-order valence-electron chi connectivity index (χ3n) is 5.59. The number of hydrogen-bond acceptors (Lipinski definition) is 9. The highest BCUT2D eigenvalue weighted by Crippen LogP contribution is 2.48. The van der Waals surface area contributed by atoms with Crippen LogP contribution >= 0.6 is 22.9 Å². The highest BCUT2D eigenvalue weighted by Gasteiger charge is 2.51. The first-order valence-electron chi connectivity index (χ1n) is 10.2. The summed E-state index contributed by atoms with van der Waals surface area (Å²) in [5.74, 6) is -1.21. The number of nitrogens with one attached hydrogen (secondary N) is 1. The number of carbonyl (C=O) groups is 1. The fourth-order valence-electron chi connectivity index (χ4n) is 3.78. The minimum Gasteiger partial charge on any atom is -0.494 e. The lowest BCUT2D eigenvalue weighted by Gasteiger charge is -2.14. The van der Waals surface area contributed by atoms with Gasteiger partial charge in [-0.2, -0.15) is 0 Å². The second kappa shape index (κ2) is 8.47. The van der Waals surface area contributed by atoms with E-state index < -0.39 is 11.7 Å². The van der Waals surface area contributed by atoms with E-state index in [0.717, 1.165) is 30.6 Å². The smallest absolute Gasteiger partial charge is 0.296 e. The SMILES string of the molecule is COc1cnc(Cl)c(F)c1-c1cc(C)ncc1C(=O)Nc1nnc(O[C@@H]2COC3(CC3)C2)s1. The number of aryl methyl sites for hydroxylation is 1. The first kappa shape index (κ1) is 21.9. The van der Waals surface area contributed by atoms with Gasteiger partial charge in [0.05, 0.1) is 36.6 Å². The fraction of sp³-hybridized carbons (Fsp3) is 0.381. The van der Waals surface area contributed by atoms with E-state index in [1.807, 2.05) is 0 Å². The summed E-state index contributed by atoms with van der Waals surface area (Å²) in [5.41, 5.74) is 0.961. The number of amides is 1. The molecule has 4 heterocycles. The molecule has 1 atom stereocenters. The van der Waals surface area contributed by atoms with Crippen molar-refractivity contribution in [1.82, 2.24) is 20.2 Å². The summed E-state index contributed by atoms with van der Waals surface area (Å²) in [6, 6.07) is 1.58. The average Bonchev–Trinajstić information content (AvgIpc) is 3.21. The maximum absolute atomic E-state index is 14.9. The van der Waals surface area contributed by atoms with Crippen LogP contribution in [0.5, 0.6) is 10.9 Å². The molecule has 2 aliphatic rings. The van der Waals surface area contributed by atoms with E-state index in [0.29, 0.717) is 17.5 Å². The second-order valence-electron chi connectivity index (χ2n) is 7.94. The number of rotatable bonds is 6. The first-order chi connectivity index (χ1) is 15.9. The van der Waals surface area contributed by atoms with Gasteiger partial charge in [0.2, 0.25) is 5.13 Å². The van der Waals surface area contributed by atoms with Gasteiger partial charge < -0.3 is 14.2 Å². The van der Waals surface area contributed by atoms with Gasteiger partial charge in [0.1, 0.15) is 11.9 Å². The molecule has 1 saturated carbocycles. The average molecular weight is 492 g/mol. The molecule has 0 bridgehead atoms. The molecule has 0 unspecified atom stereocenters. The summed E-state index contributed by atoms with van der Waals surface area (Å²) in [7, 11) is 1.38. The third kappa shape index (κ3) is 4.35. The topological polar surface area (TPSA) is 108 Å². The number of methoxy groups -OCH3 is 1. The third-order valence-corrected chi connectivity index (χ3v) is 6.59. The van der Waals surface area contributed by atoms with Crippen molar-refractivity contribution in [2.75, 3.05) is 19.0 Å². The Labute approximate surface area is 197 Å². The van der Waals surface area contributed by atoms with E-state index >= 15 is 0 Å². The molecule has 1 aliphatic carbocycles. The molecule has 0 aromatic carbocycles. The molecule has 9 nitrogen and oxygen atoms in total. The van der Waals surface area contributed by atoms with Gasteiger partial charge >= 0.3 is 0 Å². The highest BCUT2D eigenvalue weighted by atomic mass is 35.5. The van der Waals surface area contributed by atoms with Crippen LogP contribution in [0.25, 0.3) is 11.1 Å². The molecule has 33 heavy (non-hydrogen) atoms. The van der Waals surface area contributed by atoms with Crippen molar-refractivity contribution >= 4 is 34.0 Å². The zero-order valence-electron chi connectivity index (χ0n) is 17.7. The second-order valence-corrected chi connectivity index (χ2v) is 9.24. The molecule has 0 radical (unpaired) electrons. The zero-order valence-corrected chi connectivity index (χ0v) is 19.3. The largest absolute Gasteiger partial charge is 0.494 e. The van der Waals surface area contributed by atoms with Gasteiger partial charge in [0.25, 0.3) is 11.1 Å². The Morgan fingerprint density at radius 1 is 1.33 bits per heavy atom. The van der Waals surface area contributed by atoms with Gasteiger partial charge in [0.15, 0.2) is 11.0 Å². The number of nitrogens with zero attached hydrogens (tertiary/aromatic N) is 4. The molecule has 1 saturated heterocycles. The Bertz CT molecular complexity index is 1240. The van der Waals surface area contributed by atoms with Crippen LogP contribution in [0.2, 0.25) is 5.15 Å². The minimum atomic E-state index is -0.797. The number of hydrogen-bond donors (Lipinski definition) is 1. The predicted octanol–water partition coefficient (Wildman–Crippen LogP) is 4.06. The van der Waals surface area contributed by atoms with Crippen LogP contribution in [0.4, 0.5) is 9.52 Å². The Morgan fingerprint density at radius 3 is 2.88 bits per heavy atom. The monoisotopic (exact) mass is 491 g/mol. The molecule has 3 aromatic heterocycles. The van der Waals surface area contributed by atoms with Crippen LogP contribution in [-0.2, 0) is 4.74 Å². The van der Waals surface area contributed by atoms with Gasteiger partial charge in [-0.15, -0.1) is 5.10 Å². The summed E-state index contributed by atoms with van der Waals surface area (Å²) in [5, 5.41) is 10.9. The lowest BCUT2D eigenvalue weighted by Crippen LogP contribution is -2.16. The lowest BCUT2D eigenvalue weighted by atomic mass is 10.00. The molecule has 3 aromatic rings. The summed E-state index contributed by atoms with van der Waals surface area (Å²) >= 11 is 6.99. The molecule has 5 rings (SSSR count). The number of pyridine rings is 2. The Morgan fingerprint density at radius 2 is 2.15 bits per heavy atom. The first-order valence-corrected chi connectivity index (χ1v) is 11.4. The Balaban J connectivity index is 1.38. The van der Waals surface area contributed by atoms with Crippen LogP contribution < -0.4 is 14.8 Å². The highest BCUT2D eigenvalue weighted by molar-refractivity contribution is 7.17. The van der Waals surface area contributed by atoms with Crippen molar-refractivity contribution in [1.29, 1.82) is 0 Å². The van der Waals surface area contributed by atoms with E-state index in [1.54, 1.807) is 13.0 Å². The van der Waals surface area contributed by atoms with Crippen molar-refractivity contribution in [3.05, 3.63) is 40.7 Å². The normalized spacial score (nSPS) is 18.4. The van der Waals surface area contributed by atoms with Crippen molar-refractivity contribution in [3.63, 3.8) is 0 Å². The molecule has 1 amide bonds. The molecular weight excluding hydrogens is 473 g/mol. The summed E-state index contributed by atoms with van der Waals surface area (Å²) in [6.45, 7) is 2.24. The number of anilines is 1. The Kier molecular flexibility index (Phi) is 5.63. The number of carbonyl (C=O) groups excluding carboxylic acids is 1. The summed E-state index contributed by atoms with van der Waals surface area (Å²) in [4.78, 5) is 21.0. The molecule has 2 fully saturated rings. The van der Waals surface area contributed by atoms with Gasteiger partial charge in [-0.25, -0.2) is 9.37 Å². The summed E-state index contributed by atoms with van der Waals surface area (Å²) in [6.07, 6.45) is 5.52. The van der Waals surface area contributed by atoms with E-state index in [4.69, 9.17) is 25.8 Å². The van der Waals surface area contributed by atoms with Gasteiger partial charge in [-0.1, -0.05) is 16.7 Å². The van der Waals surface area contributed by atoms with E-state index in [9.17, 15) is 9.18 Å². The molecule has 1 aliphatic heterocycles. The Hall–Kier alpha value is -2.89. The maximum Gasteiger partial charge on any atom is 0.296 e. The van der Waals surface area contributed by atoms with Crippen molar-refractivity contribution in [3.8, 4) is 22.1 Å². The maximum atomic E-state index is 14.9. The lowest BCUT2D eigenvalue weighted by molar-refractivity contribution is 0.0783. The van der Waals surface area contributed by atoms with Crippen LogP contribution in [0.15, 0.2) is 18.5 Å². The van der Waals surface area contributed by atoms with Crippen molar-refractivity contribution in [2.24, 2.45) is 0 Å². The van der Waals surface area contributed by atoms with Crippen molar-refractivity contribution in [2.45, 2.75) is 37.9 Å². The van der Waals surface area contributed by atoms with Gasteiger partial charge in [-0.3, -0.25) is 15.1 Å². The number of halogens is 2. The number of aromatic nitrogens is 4. The standard InChI is InChI=1S/C21H19ClFN5O4S/c1-10-5-12(15-14(30-2)8-25-17(22)16(15)23)13(7-24-10)18(29)26-19-27-28-20(33-19)32-11-6-21(3-4-21)31-9-11/h5,7-8,11H,3-4,6,9H2,1-2H3,(H,26,27,29)/t11-/m0/s1. The summed E-state index contributed by atoms with van der Waals surface area (Å²) < 4.78 is 31.8. The van der Waals surface area contributed by atoms with E-state index in [-0.39, 0.29) is 44.4 Å². The van der Waals surface area contributed by atoms with E-state index in [2.05, 4.69) is 25.5 Å². The quantitative estimate of drug-likeness (QED) is 0.514. The van der Waals surface area contributed by atoms with Crippen LogP contribution in [0.1, 0.15) is 35.3 Å². The fourth-order valence-corrected chi connectivity index (χ4v) is 4.58. The molecule has 1 spiro atoms. The molecule has 172 valence electrons. The minimum absolute atomic E-state index is 0.00652. The van der Waals surface area contributed by atoms with Gasteiger partial charge in [0, 0.05) is 23.9 Å². The zero-order chi connectivity index (χ0) is 23.2. The molecule has 12 heteroatoms. The van der Waals surface area contributed by atoms with E-state index in [1.165, 1.54) is 19.5 Å². The molecular formula is C21H19ClFN5O4S. The van der Waals surface area contributed by atoms with Crippen LogP contribution in [-0.4, -0.2) is 51.5 Å². The van der Waals surface area contributed by atoms with Crippen LogP contribution in [0, 0.1) is 12.7 Å².